The Morgan fingerprint density at radius 3 is 3.08 bits per heavy atom. The number of benzene rings is 1. The van der Waals surface area contributed by atoms with Gasteiger partial charge < -0.3 is 5.11 Å². The first-order valence-electron chi connectivity index (χ1n) is 8.14. The van der Waals surface area contributed by atoms with Crippen LogP contribution in [0.4, 0.5) is 0 Å². The van der Waals surface area contributed by atoms with E-state index in [0.29, 0.717) is 11.7 Å². The lowest BCUT2D eigenvalue weighted by atomic mass is 9.89. The van der Waals surface area contributed by atoms with Gasteiger partial charge >= 0.3 is 0 Å². The van der Waals surface area contributed by atoms with Crippen LogP contribution in [0.5, 0.6) is 5.75 Å². The number of nitrogens with zero attached hydrogens (tertiary/aromatic N) is 4. The molecule has 120 valence electrons. The molecule has 24 heavy (non-hydrogen) atoms. The summed E-state index contributed by atoms with van der Waals surface area (Å²) in [6, 6.07) is 7.09. The standard InChI is InChI=1S/C18H16N4OS/c1-10-5-6-14-13(7-10)15-17-21-20-16(11-3-2-4-12(23)8-11)22(17)9-19-18(15)24-14/h2-4,8-10,23H,5-7H2,1H3/t10-/m0/s1. The van der Waals surface area contributed by atoms with E-state index in [9.17, 15) is 5.11 Å². The summed E-state index contributed by atoms with van der Waals surface area (Å²) >= 11 is 1.79. The third kappa shape index (κ3) is 1.96. The minimum atomic E-state index is 0.222. The van der Waals surface area contributed by atoms with Crippen LogP contribution >= 0.6 is 11.3 Å². The van der Waals surface area contributed by atoms with Gasteiger partial charge in [0.05, 0.1) is 5.39 Å². The topological polar surface area (TPSA) is 63.3 Å². The molecule has 3 heterocycles. The summed E-state index contributed by atoms with van der Waals surface area (Å²) in [5, 5.41) is 19.7. The normalized spacial score (nSPS) is 17.5. The number of hydrogen-bond donors (Lipinski definition) is 1. The highest BCUT2D eigenvalue weighted by Gasteiger charge is 2.24. The molecule has 1 aliphatic rings. The van der Waals surface area contributed by atoms with Crippen molar-refractivity contribution in [1.82, 2.24) is 19.6 Å². The number of phenols is 1. The first kappa shape index (κ1) is 13.9. The maximum absolute atomic E-state index is 9.74. The van der Waals surface area contributed by atoms with Crippen molar-refractivity contribution >= 4 is 27.2 Å². The summed E-state index contributed by atoms with van der Waals surface area (Å²) < 4.78 is 1.93. The maximum atomic E-state index is 9.74. The minimum absolute atomic E-state index is 0.222. The molecule has 1 aliphatic carbocycles. The number of fused-ring (bicyclic) bond motifs is 5. The Hall–Kier alpha value is -2.47. The molecule has 3 aromatic heterocycles. The van der Waals surface area contributed by atoms with Crippen LogP contribution in [-0.4, -0.2) is 24.7 Å². The van der Waals surface area contributed by atoms with Gasteiger partial charge in [-0.05, 0) is 42.9 Å². The summed E-state index contributed by atoms with van der Waals surface area (Å²) in [6.45, 7) is 2.31. The highest BCUT2D eigenvalue weighted by molar-refractivity contribution is 7.19. The molecule has 0 aliphatic heterocycles. The predicted molar refractivity (Wildman–Crippen MR) is 94.5 cm³/mol. The van der Waals surface area contributed by atoms with Crippen LogP contribution in [0.15, 0.2) is 30.6 Å². The first-order chi connectivity index (χ1) is 11.7. The molecular weight excluding hydrogens is 320 g/mol. The van der Waals surface area contributed by atoms with Crippen molar-refractivity contribution in [2.75, 3.05) is 0 Å². The maximum Gasteiger partial charge on any atom is 0.172 e. The van der Waals surface area contributed by atoms with Gasteiger partial charge in [-0.1, -0.05) is 19.1 Å². The first-order valence-corrected chi connectivity index (χ1v) is 8.96. The van der Waals surface area contributed by atoms with Crippen LogP contribution in [0, 0.1) is 5.92 Å². The zero-order valence-corrected chi connectivity index (χ0v) is 14.0. The van der Waals surface area contributed by atoms with Crippen molar-refractivity contribution < 1.29 is 5.11 Å². The Balaban J connectivity index is 1.79. The molecule has 0 fully saturated rings. The van der Waals surface area contributed by atoms with E-state index in [1.807, 2.05) is 16.5 Å². The lowest BCUT2D eigenvalue weighted by molar-refractivity contribution is 0.475. The van der Waals surface area contributed by atoms with Crippen LogP contribution < -0.4 is 0 Å². The second kappa shape index (κ2) is 5.01. The summed E-state index contributed by atoms with van der Waals surface area (Å²) in [5.41, 5.74) is 3.10. The number of aromatic nitrogens is 4. The van der Waals surface area contributed by atoms with Crippen LogP contribution in [-0.2, 0) is 12.8 Å². The summed E-state index contributed by atoms with van der Waals surface area (Å²) in [4.78, 5) is 7.16. The molecule has 5 nitrogen and oxygen atoms in total. The fourth-order valence-electron chi connectivity index (χ4n) is 3.59. The molecule has 1 atom stereocenters. The zero-order chi connectivity index (χ0) is 16.3. The number of rotatable bonds is 1. The Labute approximate surface area is 142 Å². The largest absolute Gasteiger partial charge is 0.508 e. The SMILES string of the molecule is C[C@H]1CCc2sc3ncn4c(-c5cccc(O)c5)nnc4c3c2C1. The Morgan fingerprint density at radius 2 is 2.21 bits per heavy atom. The molecule has 6 heteroatoms. The average Bonchev–Trinajstić information content (AvgIpc) is 3.15. The minimum Gasteiger partial charge on any atom is -0.508 e. The fourth-order valence-corrected chi connectivity index (χ4v) is 4.77. The van der Waals surface area contributed by atoms with Crippen molar-refractivity contribution in [2.24, 2.45) is 5.92 Å². The van der Waals surface area contributed by atoms with Crippen LogP contribution in [0.2, 0.25) is 0 Å². The number of aromatic hydroxyl groups is 1. The number of aryl methyl sites for hydroxylation is 1. The van der Waals surface area contributed by atoms with Gasteiger partial charge in [0.15, 0.2) is 11.5 Å². The Kier molecular flexibility index (Phi) is 2.91. The summed E-state index contributed by atoms with van der Waals surface area (Å²) in [7, 11) is 0. The van der Waals surface area contributed by atoms with Crippen molar-refractivity contribution in [3.8, 4) is 17.1 Å². The van der Waals surface area contributed by atoms with E-state index in [4.69, 9.17) is 0 Å². The van der Waals surface area contributed by atoms with Gasteiger partial charge in [0.25, 0.3) is 0 Å². The molecule has 0 radical (unpaired) electrons. The van der Waals surface area contributed by atoms with E-state index in [1.165, 1.54) is 16.9 Å². The van der Waals surface area contributed by atoms with Gasteiger partial charge in [0.1, 0.15) is 16.9 Å². The third-order valence-corrected chi connectivity index (χ3v) is 6.00. The van der Waals surface area contributed by atoms with E-state index in [1.54, 1.807) is 29.8 Å². The summed E-state index contributed by atoms with van der Waals surface area (Å²) in [6.07, 6.45) is 5.27. The third-order valence-electron chi connectivity index (χ3n) is 4.80. The van der Waals surface area contributed by atoms with E-state index in [-0.39, 0.29) is 5.75 Å². The number of hydrogen-bond acceptors (Lipinski definition) is 5. The quantitative estimate of drug-likeness (QED) is 0.574. The van der Waals surface area contributed by atoms with Crippen LogP contribution in [0.25, 0.3) is 27.3 Å². The van der Waals surface area contributed by atoms with E-state index in [2.05, 4.69) is 22.1 Å². The molecule has 0 bridgehead atoms. The lowest BCUT2D eigenvalue weighted by Crippen LogP contribution is -2.09. The lowest BCUT2D eigenvalue weighted by Gasteiger charge is -2.17. The highest BCUT2D eigenvalue weighted by Crippen LogP contribution is 2.39. The predicted octanol–water partition coefficient (Wildman–Crippen LogP) is 3.84. The molecule has 0 saturated carbocycles. The van der Waals surface area contributed by atoms with Crippen LogP contribution in [0.1, 0.15) is 23.8 Å². The molecule has 0 unspecified atom stereocenters. The zero-order valence-electron chi connectivity index (χ0n) is 13.2. The molecule has 0 saturated heterocycles. The van der Waals surface area contributed by atoms with Gasteiger partial charge in [-0.15, -0.1) is 21.5 Å². The monoisotopic (exact) mass is 336 g/mol. The molecule has 1 N–H and O–H groups in total. The average molecular weight is 336 g/mol. The molecule has 5 rings (SSSR count). The molecular formula is C18H16N4OS. The van der Waals surface area contributed by atoms with Gasteiger partial charge in [0.2, 0.25) is 0 Å². The van der Waals surface area contributed by atoms with Gasteiger partial charge in [0, 0.05) is 10.4 Å². The smallest absolute Gasteiger partial charge is 0.172 e. The number of thiophene rings is 1. The van der Waals surface area contributed by atoms with Crippen molar-refractivity contribution in [2.45, 2.75) is 26.2 Å². The Bertz CT molecular complexity index is 1080. The van der Waals surface area contributed by atoms with Crippen molar-refractivity contribution in [3.05, 3.63) is 41.0 Å². The second-order valence-electron chi connectivity index (χ2n) is 6.54. The Morgan fingerprint density at radius 1 is 1.29 bits per heavy atom. The van der Waals surface area contributed by atoms with E-state index < -0.39 is 0 Å². The molecule has 4 aromatic rings. The molecule has 0 amide bonds. The van der Waals surface area contributed by atoms with Gasteiger partial charge in [-0.25, -0.2) is 4.98 Å². The summed E-state index contributed by atoms with van der Waals surface area (Å²) in [5.74, 6) is 1.63. The van der Waals surface area contributed by atoms with Crippen molar-refractivity contribution in [1.29, 1.82) is 0 Å². The van der Waals surface area contributed by atoms with Gasteiger partial charge in [-0.3, -0.25) is 4.40 Å². The second-order valence-corrected chi connectivity index (χ2v) is 7.63. The number of phenolic OH excluding ortho intramolecular Hbond substituents is 1. The van der Waals surface area contributed by atoms with Crippen LogP contribution in [0.3, 0.4) is 0 Å². The molecule has 1 aromatic carbocycles. The van der Waals surface area contributed by atoms with Crippen molar-refractivity contribution in [3.63, 3.8) is 0 Å². The van der Waals surface area contributed by atoms with Gasteiger partial charge in [-0.2, -0.15) is 0 Å². The molecule has 0 spiro atoms. The fraction of sp³-hybridized carbons (Fsp3) is 0.278. The highest BCUT2D eigenvalue weighted by atomic mass is 32.1. The van der Waals surface area contributed by atoms with E-state index >= 15 is 0 Å². The van der Waals surface area contributed by atoms with E-state index in [0.717, 1.165) is 34.3 Å².